The highest BCUT2D eigenvalue weighted by atomic mass is 16.6. The van der Waals surface area contributed by atoms with Gasteiger partial charge >= 0.3 is 6.09 Å². The van der Waals surface area contributed by atoms with Crippen molar-refractivity contribution >= 4 is 6.09 Å². The van der Waals surface area contributed by atoms with Crippen molar-refractivity contribution in [1.82, 2.24) is 20.4 Å². The number of nitrogens with zero attached hydrogens (tertiary/aromatic N) is 2. The second-order valence-corrected chi connectivity index (χ2v) is 6.92. The van der Waals surface area contributed by atoms with Gasteiger partial charge in [-0.25, -0.2) is 4.79 Å². The number of nitrogens with one attached hydrogen (secondary N) is 2. The van der Waals surface area contributed by atoms with E-state index in [1.807, 2.05) is 37.7 Å². The van der Waals surface area contributed by atoms with Crippen LogP contribution in [0.2, 0.25) is 0 Å². The van der Waals surface area contributed by atoms with Gasteiger partial charge in [0.2, 0.25) is 0 Å². The fourth-order valence-electron chi connectivity index (χ4n) is 2.73. The minimum Gasteiger partial charge on any atom is -0.444 e. The maximum Gasteiger partial charge on any atom is 0.407 e. The van der Waals surface area contributed by atoms with Gasteiger partial charge in [0.15, 0.2) is 0 Å². The quantitative estimate of drug-likeness (QED) is 0.876. The lowest BCUT2D eigenvalue weighted by Crippen LogP contribution is -2.44. The molecular weight excluding hydrogens is 280 g/mol. The van der Waals surface area contributed by atoms with Crippen LogP contribution in [0.25, 0.3) is 0 Å². The number of ether oxygens (including phenoxy) is 1. The largest absolute Gasteiger partial charge is 0.444 e. The topological polar surface area (TPSA) is 68.2 Å². The minimum atomic E-state index is -0.435. The fraction of sp³-hybridized carbons (Fsp3) is 0.750. The smallest absolute Gasteiger partial charge is 0.407 e. The normalized spacial score (nSPS) is 22.3. The Morgan fingerprint density at radius 1 is 1.27 bits per heavy atom. The van der Waals surface area contributed by atoms with E-state index in [4.69, 9.17) is 4.74 Å². The van der Waals surface area contributed by atoms with Crippen molar-refractivity contribution in [2.75, 3.05) is 6.54 Å². The average Bonchev–Trinajstić information content (AvgIpc) is 2.92. The number of carbonyl (C=O) groups is 1. The van der Waals surface area contributed by atoms with E-state index in [0.29, 0.717) is 6.04 Å². The lowest BCUT2D eigenvalue weighted by molar-refractivity contribution is 0.0490. The van der Waals surface area contributed by atoms with Gasteiger partial charge in [-0.15, -0.1) is 0 Å². The van der Waals surface area contributed by atoms with Gasteiger partial charge in [0.1, 0.15) is 5.60 Å². The number of hydrogen-bond acceptors (Lipinski definition) is 4. The first-order chi connectivity index (χ1) is 10.4. The lowest BCUT2D eigenvalue weighted by Gasteiger charge is -2.30. The second-order valence-electron chi connectivity index (χ2n) is 6.92. The molecule has 0 atom stereocenters. The molecule has 1 aliphatic rings. The Kier molecular flexibility index (Phi) is 5.83. The molecular formula is C16H28N4O2. The number of rotatable bonds is 5. The van der Waals surface area contributed by atoms with E-state index in [9.17, 15) is 4.79 Å². The number of alkyl carbamates (subject to hydrolysis) is 1. The zero-order chi connectivity index (χ0) is 16.0. The van der Waals surface area contributed by atoms with Crippen LogP contribution in [0.5, 0.6) is 0 Å². The molecule has 0 bridgehead atoms. The molecule has 0 radical (unpaired) electrons. The third-order valence-electron chi connectivity index (χ3n) is 3.78. The summed E-state index contributed by atoms with van der Waals surface area (Å²) in [5.74, 6) is 0. The molecule has 6 heteroatoms. The van der Waals surface area contributed by atoms with Crippen molar-refractivity contribution in [2.24, 2.45) is 0 Å². The van der Waals surface area contributed by atoms with E-state index in [1.54, 1.807) is 6.20 Å². The van der Waals surface area contributed by atoms with Crippen LogP contribution >= 0.6 is 0 Å². The Balaban J connectivity index is 1.60. The van der Waals surface area contributed by atoms with Crippen molar-refractivity contribution in [1.29, 1.82) is 0 Å². The van der Waals surface area contributed by atoms with Crippen molar-refractivity contribution < 1.29 is 9.53 Å². The van der Waals surface area contributed by atoms with Gasteiger partial charge in [0, 0.05) is 31.0 Å². The summed E-state index contributed by atoms with van der Waals surface area (Å²) in [6.07, 6.45) is 7.63. The molecule has 1 aliphatic carbocycles. The molecule has 124 valence electrons. The van der Waals surface area contributed by atoms with E-state index < -0.39 is 5.60 Å². The molecule has 22 heavy (non-hydrogen) atoms. The van der Waals surface area contributed by atoms with E-state index in [0.717, 1.165) is 38.8 Å². The maximum absolute atomic E-state index is 11.8. The minimum absolute atomic E-state index is 0.235. The summed E-state index contributed by atoms with van der Waals surface area (Å²) in [5, 5.41) is 10.7. The molecule has 0 aliphatic heterocycles. The molecule has 1 aromatic rings. The van der Waals surface area contributed by atoms with E-state index in [2.05, 4.69) is 15.7 Å². The van der Waals surface area contributed by atoms with Gasteiger partial charge in [-0.3, -0.25) is 4.68 Å². The summed E-state index contributed by atoms with van der Waals surface area (Å²) < 4.78 is 7.23. The van der Waals surface area contributed by atoms with E-state index >= 15 is 0 Å². The second kappa shape index (κ2) is 7.63. The monoisotopic (exact) mass is 308 g/mol. The molecule has 6 nitrogen and oxygen atoms in total. The Morgan fingerprint density at radius 3 is 2.55 bits per heavy atom. The Morgan fingerprint density at radius 2 is 1.95 bits per heavy atom. The third-order valence-corrected chi connectivity index (χ3v) is 3.78. The molecule has 1 heterocycles. The maximum atomic E-state index is 11.8. The van der Waals surface area contributed by atoms with Crippen LogP contribution in [-0.4, -0.2) is 40.1 Å². The molecule has 0 aromatic carbocycles. The van der Waals surface area contributed by atoms with Crippen LogP contribution in [0.1, 0.15) is 46.5 Å². The van der Waals surface area contributed by atoms with Crippen LogP contribution in [0.3, 0.4) is 0 Å². The molecule has 1 amide bonds. The molecule has 1 saturated carbocycles. The zero-order valence-corrected chi connectivity index (χ0v) is 13.8. The molecule has 1 aromatic heterocycles. The SMILES string of the molecule is CC(C)(C)OC(=O)NC1CCC(NCCn2cccn2)CC1. The molecule has 2 rings (SSSR count). The number of carbonyl (C=O) groups excluding carboxylic acids is 1. The average molecular weight is 308 g/mol. The van der Waals surface area contributed by atoms with Crippen LogP contribution in [0.15, 0.2) is 18.5 Å². The summed E-state index contributed by atoms with van der Waals surface area (Å²) >= 11 is 0. The van der Waals surface area contributed by atoms with Crippen LogP contribution in [0, 0.1) is 0 Å². The number of hydrogen-bond donors (Lipinski definition) is 2. The predicted octanol–water partition coefficient (Wildman–Crippen LogP) is 2.31. The highest BCUT2D eigenvalue weighted by Crippen LogP contribution is 2.19. The highest BCUT2D eigenvalue weighted by Gasteiger charge is 2.24. The Bertz CT molecular complexity index is 445. The summed E-state index contributed by atoms with van der Waals surface area (Å²) in [6.45, 7) is 7.46. The van der Waals surface area contributed by atoms with Crippen molar-refractivity contribution in [3.63, 3.8) is 0 Å². The standard InChI is InChI=1S/C16H28N4O2/c1-16(2,3)22-15(21)19-14-7-5-13(6-8-14)17-10-12-20-11-4-9-18-20/h4,9,11,13-14,17H,5-8,10,12H2,1-3H3,(H,19,21). The summed E-state index contributed by atoms with van der Waals surface area (Å²) in [4.78, 5) is 11.8. The van der Waals surface area contributed by atoms with Crippen LogP contribution in [-0.2, 0) is 11.3 Å². The Labute approximate surface area is 132 Å². The summed E-state index contributed by atoms with van der Waals surface area (Å²) in [7, 11) is 0. The first kappa shape index (κ1) is 16.8. The van der Waals surface area contributed by atoms with Gasteiger partial charge in [-0.2, -0.15) is 5.10 Å². The number of amides is 1. The van der Waals surface area contributed by atoms with Crippen LogP contribution < -0.4 is 10.6 Å². The first-order valence-corrected chi connectivity index (χ1v) is 8.13. The molecule has 0 unspecified atom stereocenters. The summed E-state index contributed by atoms with van der Waals surface area (Å²) in [5.41, 5.74) is -0.435. The van der Waals surface area contributed by atoms with E-state index in [-0.39, 0.29) is 12.1 Å². The van der Waals surface area contributed by atoms with Gasteiger partial charge in [-0.05, 0) is 52.5 Å². The fourth-order valence-corrected chi connectivity index (χ4v) is 2.73. The zero-order valence-electron chi connectivity index (χ0n) is 13.8. The first-order valence-electron chi connectivity index (χ1n) is 8.13. The van der Waals surface area contributed by atoms with Crippen molar-refractivity contribution in [3.8, 4) is 0 Å². The highest BCUT2D eigenvalue weighted by molar-refractivity contribution is 5.68. The van der Waals surface area contributed by atoms with Gasteiger partial charge in [0.05, 0.1) is 6.54 Å². The third kappa shape index (κ3) is 6.05. The molecule has 0 spiro atoms. The van der Waals surface area contributed by atoms with Crippen molar-refractivity contribution in [2.45, 2.75) is 70.7 Å². The van der Waals surface area contributed by atoms with Gasteiger partial charge in [-0.1, -0.05) is 0 Å². The lowest BCUT2D eigenvalue weighted by atomic mass is 9.91. The van der Waals surface area contributed by atoms with Crippen LogP contribution in [0.4, 0.5) is 4.79 Å². The molecule has 2 N–H and O–H groups in total. The van der Waals surface area contributed by atoms with Gasteiger partial charge < -0.3 is 15.4 Å². The summed E-state index contributed by atoms with van der Waals surface area (Å²) in [6, 6.07) is 2.71. The Hall–Kier alpha value is -1.56. The molecule has 0 saturated heterocycles. The number of aromatic nitrogens is 2. The predicted molar refractivity (Wildman–Crippen MR) is 85.6 cm³/mol. The van der Waals surface area contributed by atoms with Gasteiger partial charge in [0.25, 0.3) is 0 Å². The van der Waals surface area contributed by atoms with E-state index in [1.165, 1.54) is 0 Å². The van der Waals surface area contributed by atoms with Crippen molar-refractivity contribution in [3.05, 3.63) is 18.5 Å². The molecule has 1 fully saturated rings.